The Hall–Kier alpha value is -2.20. The normalized spacial score (nSPS) is 10.2. The van der Waals surface area contributed by atoms with Crippen LogP contribution in [0.25, 0.3) is 0 Å². The summed E-state index contributed by atoms with van der Waals surface area (Å²) in [7, 11) is 3.00. The highest BCUT2D eigenvalue weighted by atomic mass is 35.5. The predicted octanol–water partition coefficient (Wildman–Crippen LogP) is 3.60. The van der Waals surface area contributed by atoms with E-state index in [4.69, 9.17) is 21.1 Å². The van der Waals surface area contributed by atoms with Gasteiger partial charge in [-0.3, -0.25) is 4.79 Å². The molecule has 116 valence electrons. The van der Waals surface area contributed by atoms with E-state index in [1.54, 1.807) is 12.1 Å². The van der Waals surface area contributed by atoms with E-state index in [2.05, 4.69) is 5.32 Å². The summed E-state index contributed by atoms with van der Waals surface area (Å²) in [5.41, 5.74) is 2.62. The van der Waals surface area contributed by atoms with Crippen LogP contribution in [0.3, 0.4) is 0 Å². The number of ether oxygens (including phenoxy) is 2. The molecular formula is C17H18ClNO3. The summed E-state index contributed by atoms with van der Waals surface area (Å²) in [6.45, 7) is 2.46. The number of hydrogen-bond donors (Lipinski definition) is 1. The van der Waals surface area contributed by atoms with Crippen LogP contribution in [0.4, 0.5) is 0 Å². The first kappa shape index (κ1) is 16.2. The number of rotatable bonds is 5. The van der Waals surface area contributed by atoms with Crippen molar-refractivity contribution in [1.29, 1.82) is 0 Å². The maximum absolute atomic E-state index is 12.3. The van der Waals surface area contributed by atoms with Gasteiger partial charge in [-0.15, -0.1) is 0 Å². The fourth-order valence-corrected chi connectivity index (χ4v) is 2.44. The van der Waals surface area contributed by atoms with Crippen molar-refractivity contribution in [2.24, 2.45) is 0 Å². The number of carbonyl (C=O) groups is 1. The fourth-order valence-electron chi connectivity index (χ4n) is 2.16. The lowest BCUT2D eigenvalue weighted by Gasteiger charge is -2.12. The second-order valence-corrected chi connectivity index (χ2v) is 5.27. The molecule has 1 N–H and O–H groups in total. The number of aryl methyl sites for hydroxylation is 1. The van der Waals surface area contributed by atoms with E-state index in [1.807, 2.05) is 31.2 Å². The van der Waals surface area contributed by atoms with Crippen molar-refractivity contribution >= 4 is 17.5 Å². The molecule has 4 nitrogen and oxygen atoms in total. The first-order valence-corrected chi connectivity index (χ1v) is 7.18. The Bertz CT molecular complexity index is 686. The second kappa shape index (κ2) is 7.18. The molecule has 0 radical (unpaired) electrons. The van der Waals surface area contributed by atoms with Gasteiger partial charge < -0.3 is 14.8 Å². The maximum Gasteiger partial charge on any atom is 0.251 e. The van der Waals surface area contributed by atoms with Gasteiger partial charge in [0.2, 0.25) is 0 Å². The number of methoxy groups -OCH3 is 2. The zero-order chi connectivity index (χ0) is 16.1. The quantitative estimate of drug-likeness (QED) is 0.916. The van der Waals surface area contributed by atoms with Crippen LogP contribution in [0.5, 0.6) is 11.5 Å². The minimum Gasteiger partial charge on any atom is -0.493 e. The molecule has 0 heterocycles. The molecule has 1 amide bonds. The first-order chi connectivity index (χ1) is 10.5. The lowest BCUT2D eigenvalue weighted by atomic mass is 10.1. The molecule has 0 aliphatic rings. The molecule has 0 atom stereocenters. The smallest absolute Gasteiger partial charge is 0.251 e. The lowest BCUT2D eigenvalue weighted by Crippen LogP contribution is -2.22. The standard InChI is InChI=1S/C17H18ClNO3/c1-11-5-4-6-12(7-11)10-19-17(20)13-8-14(18)16(22-3)15(9-13)21-2/h4-9H,10H2,1-3H3,(H,19,20). The summed E-state index contributed by atoms with van der Waals surface area (Å²) in [6.07, 6.45) is 0. The number of nitrogens with one attached hydrogen (secondary N) is 1. The molecule has 0 spiro atoms. The summed E-state index contributed by atoms with van der Waals surface area (Å²) in [6, 6.07) is 11.1. The molecule has 5 heteroatoms. The summed E-state index contributed by atoms with van der Waals surface area (Å²) in [4.78, 5) is 12.3. The minimum atomic E-state index is -0.218. The maximum atomic E-state index is 12.3. The number of halogens is 1. The van der Waals surface area contributed by atoms with Crippen LogP contribution in [0.1, 0.15) is 21.5 Å². The average Bonchev–Trinajstić information content (AvgIpc) is 2.51. The largest absolute Gasteiger partial charge is 0.493 e. The van der Waals surface area contributed by atoms with Gasteiger partial charge in [0.15, 0.2) is 11.5 Å². The van der Waals surface area contributed by atoms with Crippen molar-refractivity contribution in [2.45, 2.75) is 13.5 Å². The van der Waals surface area contributed by atoms with Gasteiger partial charge in [0.05, 0.1) is 19.2 Å². The summed E-state index contributed by atoms with van der Waals surface area (Å²) >= 11 is 6.11. The minimum absolute atomic E-state index is 0.218. The van der Waals surface area contributed by atoms with Gasteiger partial charge in [-0.1, -0.05) is 41.4 Å². The Morgan fingerprint density at radius 2 is 1.95 bits per heavy atom. The average molecular weight is 320 g/mol. The molecular weight excluding hydrogens is 302 g/mol. The highest BCUT2D eigenvalue weighted by Crippen LogP contribution is 2.35. The van der Waals surface area contributed by atoms with Crippen molar-refractivity contribution in [2.75, 3.05) is 14.2 Å². The Labute approximate surface area is 135 Å². The molecule has 0 saturated heterocycles. The molecule has 0 aromatic heterocycles. The van der Waals surface area contributed by atoms with Gasteiger partial charge in [-0.25, -0.2) is 0 Å². The molecule has 0 unspecified atom stereocenters. The van der Waals surface area contributed by atoms with Gasteiger partial charge in [-0.05, 0) is 24.6 Å². The van der Waals surface area contributed by atoms with E-state index in [-0.39, 0.29) is 5.91 Å². The first-order valence-electron chi connectivity index (χ1n) is 6.80. The highest BCUT2D eigenvalue weighted by molar-refractivity contribution is 6.32. The van der Waals surface area contributed by atoms with Gasteiger partial charge in [0, 0.05) is 12.1 Å². The van der Waals surface area contributed by atoms with Crippen LogP contribution < -0.4 is 14.8 Å². The van der Waals surface area contributed by atoms with Crippen LogP contribution in [-0.2, 0) is 6.54 Å². The van der Waals surface area contributed by atoms with Gasteiger partial charge in [0.25, 0.3) is 5.91 Å². The van der Waals surface area contributed by atoms with Crippen molar-refractivity contribution in [3.8, 4) is 11.5 Å². The van der Waals surface area contributed by atoms with E-state index in [0.717, 1.165) is 11.1 Å². The molecule has 0 aliphatic carbocycles. The second-order valence-electron chi connectivity index (χ2n) is 4.87. The van der Waals surface area contributed by atoms with Crippen molar-refractivity contribution in [3.63, 3.8) is 0 Å². The van der Waals surface area contributed by atoms with Crippen molar-refractivity contribution in [3.05, 3.63) is 58.1 Å². The van der Waals surface area contributed by atoms with E-state index in [1.165, 1.54) is 14.2 Å². The zero-order valence-corrected chi connectivity index (χ0v) is 13.5. The number of hydrogen-bond acceptors (Lipinski definition) is 3. The molecule has 0 saturated carbocycles. The summed E-state index contributed by atoms with van der Waals surface area (Å²) in [5.74, 6) is 0.625. The fraction of sp³-hybridized carbons (Fsp3) is 0.235. The van der Waals surface area contributed by atoms with Crippen LogP contribution in [0.15, 0.2) is 36.4 Å². The van der Waals surface area contributed by atoms with Crippen LogP contribution in [0, 0.1) is 6.92 Å². The molecule has 2 aromatic carbocycles. The van der Waals surface area contributed by atoms with Crippen LogP contribution in [-0.4, -0.2) is 20.1 Å². The summed E-state index contributed by atoms with van der Waals surface area (Å²) in [5, 5.41) is 3.20. The van der Waals surface area contributed by atoms with Gasteiger partial charge in [-0.2, -0.15) is 0 Å². The molecule has 0 fully saturated rings. The third-order valence-corrected chi connectivity index (χ3v) is 3.51. The Morgan fingerprint density at radius 3 is 2.59 bits per heavy atom. The number of carbonyl (C=O) groups excluding carboxylic acids is 1. The van der Waals surface area contributed by atoms with Crippen molar-refractivity contribution < 1.29 is 14.3 Å². The predicted molar refractivity (Wildman–Crippen MR) is 86.9 cm³/mol. The van der Waals surface area contributed by atoms with Gasteiger partial charge >= 0.3 is 0 Å². The molecule has 2 aromatic rings. The summed E-state index contributed by atoms with van der Waals surface area (Å²) < 4.78 is 10.4. The van der Waals surface area contributed by atoms with Crippen LogP contribution in [0.2, 0.25) is 5.02 Å². The topological polar surface area (TPSA) is 47.6 Å². The SMILES string of the molecule is COc1cc(C(=O)NCc2cccc(C)c2)cc(Cl)c1OC. The third kappa shape index (κ3) is 3.71. The molecule has 0 aliphatic heterocycles. The monoisotopic (exact) mass is 319 g/mol. The van der Waals surface area contributed by atoms with Gasteiger partial charge in [0.1, 0.15) is 0 Å². The lowest BCUT2D eigenvalue weighted by molar-refractivity contribution is 0.0950. The zero-order valence-electron chi connectivity index (χ0n) is 12.8. The van der Waals surface area contributed by atoms with E-state index in [9.17, 15) is 4.79 Å². The van der Waals surface area contributed by atoms with E-state index in [0.29, 0.717) is 28.6 Å². The molecule has 22 heavy (non-hydrogen) atoms. The van der Waals surface area contributed by atoms with E-state index < -0.39 is 0 Å². The highest BCUT2D eigenvalue weighted by Gasteiger charge is 2.15. The number of amides is 1. The third-order valence-electron chi connectivity index (χ3n) is 3.23. The molecule has 0 bridgehead atoms. The van der Waals surface area contributed by atoms with E-state index >= 15 is 0 Å². The Morgan fingerprint density at radius 1 is 1.18 bits per heavy atom. The van der Waals surface area contributed by atoms with Crippen LogP contribution >= 0.6 is 11.6 Å². The number of benzene rings is 2. The Kier molecular flexibility index (Phi) is 5.28. The van der Waals surface area contributed by atoms with Crippen molar-refractivity contribution in [1.82, 2.24) is 5.32 Å². The Balaban J connectivity index is 2.14. The molecule has 2 rings (SSSR count).